The van der Waals surface area contributed by atoms with Gasteiger partial charge in [-0.1, -0.05) is 26.0 Å². The van der Waals surface area contributed by atoms with E-state index in [0.717, 1.165) is 42.8 Å². The highest BCUT2D eigenvalue weighted by atomic mass is 19.1. The summed E-state index contributed by atoms with van der Waals surface area (Å²) in [6, 6.07) is 10.8. The first kappa shape index (κ1) is 20.2. The summed E-state index contributed by atoms with van der Waals surface area (Å²) < 4.78 is 31.5. The molecule has 0 spiro atoms. The van der Waals surface area contributed by atoms with Crippen LogP contribution in [0.25, 0.3) is 16.8 Å². The number of ketones is 1. The van der Waals surface area contributed by atoms with Crippen LogP contribution in [0.4, 0.5) is 8.78 Å². The standard InChI is InChI=1S/C23H24F2N4O/c1-4-27(5-2)12-13-28-19-8-6-7-9-20(19)29-21(15(3)26-23(28)29)22(30)17-11-10-16(24)14-18(17)25/h6-11,14H,4-5,12-13H2,1-3H3. The van der Waals surface area contributed by atoms with E-state index >= 15 is 0 Å². The van der Waals surface area contributed by atoms with Gasteiger partial charge in [0.1, 0.15) is 17.3 Å². The molecule has 5 nitrogen and oxygen atoms in total. The van der Waals surface area contributed by atoms with Gasteiger partial charge >= 0.3 is 0 Å². The molecule has 0 N–H and O–H groups in total. The Kier molecular flexibility index (Phi) is 5.39. The highest BCUT2D eigenvalue weighted by Crippen LogP contribution is 2.26. The van der Waals surface area contributed by atoms with Crippen molar-refractivity contribution in [3.63, 3.8) is 0 Å². The number of halogens is 2. The SMILES string of the molecule is CCN(CC)CCn1c2ccccc2n2c(C(=O)c3ccc(F)cc3F)c(C)nc12. The summed E-state index contributed by atoms with van der Waals surface area (Å²) >= 11 is 0. The molecule has 30 heavy (non-hydrogen) atoms. The molecule has 0 bridgehead atoms. The second kappa shape index (κ2) is 7.99. The predicted octanol–water partition coefficient (Wildman–Crippen LogP) is 4.45. The van der Waals surface area contributed by atoms with Crippen LogP contribution in [-0.2, 0) is 6.54 Å². The molecule has 0 aliphatic heterocycles. The van der Waals surface area contributed by atoms with Crippen LogP contribution in [0.5, 0.6) is 0 Å². The van der Waals surface area contributed by atoms with E-state index in [1.807, 2.05) is 24.3 Å². The van der Waals surface area contributed by atoms with Crippen molar-refractivity contribution in [1.82, 2.24) is 18.9 Å². The summed E-state index contributed by atoms with van der Waals surface area (Å²) in [5.74, 6) is -1.46. The number of hydrogen-bond donors (Lipinski definition) is 0. The van der Waals surface area contributed by atoms with Crippen molar-refractivity contribution in [1.29, 1.82) is 0 Å². The third-order valence-corrected chi connectivity index (χ3v) is 5.61. The highest BCUT2D eigenvalue weighted by Gasteiger charge is 2.25. The van der Waals surface area contributed by atoms with Gasteiger partial charge in [0.15, 0.2) is 0 Å². The summed E-state index contributed by atoms with van der Waals surface area (Å²) in [5.41, 5.74) is 2.44. The molecular weight excluding hydrogens is 386 g/mol. The number of carbonyl (C=O) groups excluding carboxylic acids is 1. The number of fused-ring (bicyclic) bond motifs is 3. The third-order valence-electron chi connectivity index (χ3n) is 5.61. The fraction of sp³-hybridized carbons (Fsp3) is 0.304. The van der Waals surface area contributed by atoms with Crippen molar-refractivity contribution < 1.29 is 13.6 Å². The van der Waals surface area contributed by atoms with Gasteiger partial charge in [-0.2, -0.15) is 0 Å². The molecule has 0 radical (unpaired) electrons. The molecule has 0 saturated carbocycles. The summed E-state index contributed by atoms with van der Waals surface area (Å²) in [7, 11) is 0. The van der Waals surface area contributed by atoms with E-state index in [1.165, 1.54) is 6.07 Å². The molecule has 0 unspecified atom stereocenters. The van der Waals surface area contributed by atoms with Crippen LogP contribution < -0.4 is 0 Å². The lowest BCUT2D eigenvalue weighted by Gasteiger charge is -2.18. The second-order valence-corrected chi connectivity index (χ2v) is 7.30. The van der Waals surface area contributed by atoms with Crippen LogP contribution in [0.1, 0.15) is 35.6 Å². The number of aromatic nitrogens is 3. The van der Waals surface area contributed by atoms with Gasteiger partial charge in [-0.15, -0.1) is 0 Å². The fourth-order valence-corrected chi connectivity index (χ4v) is 3.98. The van der Waals surface area contributed by atoms with E-state index in [9.17, 15) is 13.6 Å². The van der Waals surface area contributed by atoms with Gasteiger partial charge in [-0.3, -0.25) is 9.20 Å². The average molecular weight is 410 g/mol. The van der Waals surface area contributed by atoms with Gasteiger partial charge in [0.25, 0.3) is 0 Å². The van der Waals surface area contributed by atoms with Gasteiger partial charge in [-0.05, 0) is 44.3 Å². The number of imidazole rings is 2. The van der Waals surface area contributed by atoms with Gasteiger partial charge < -0.3 is 9.47 Å². The zero-order valence-corrected chi connectivity index (χ0v) is 17.3. The molecule has 0 atom stereocenters. The van der Waals surface area contributed by atoms with Crippen molar-refractivity contribution in [2.24, 2.45) is 0 Å². The number of benzene rings is 2. The number of hydrogen-bond acceptors (Lipinski definition) is 3. The Hall–Kier alpha value is -3.06. The predicted molar refractivity (Wildman–Crippen MR) is 113 cm³/mol. The highest BCUT2D eigenvalue weighted by molar-refractivity contribution is 6.10. The topological polar surface area (TPSA) is 42.5 Å². The molecule has 2 aromatic carbocycles. The lowest BCUT2D eigenvalue weighted by atomic mass is 10.1. The van der Waals surface area contributed by atoms with Crippen LogP contribution in [0.2, 0.25) is 0 Å². The summed E-state index contributed by atoms with van der Waals surface area (Å²) in [6.45, 7) is 9.46. The second-order valence-electron chi connectivity index (χ2n) is 7.30. The molecule has 7 heteroatoms. The van der Waals surface area contributed by atoms with E-state index in [0.29, 0.717) is 23.7 Å². The van der Waals surface area contributed by atoms with Crippen molar-refractivity contribution in [3.8, 4) is 0 Å². The lowest BCUT2D eigenvalue weighted by Crippen LogP contribution is -2.27. The Morgan fingerprint density at radius 2 is 1.77 bits per heavy atom. The van der Waals surface area contributed by atoms with Crippen LogP contribution in [-0.4, -0.2) is 44.3 Å². The molecule has 156 valence electrons. The molecule has 0 saturated heterocycles. The van der Waals surface area contributed by atoms with Gasteiger partial charge in [-0.25, -0.2) is 13.8 Å². The maximum atomic E-state index is 14.3. The first-order chi connectivity index (χ1) is 14.5. The number of para-hydroxylation sites is 2. The molecule has 0 aliphatic rings. The number of nitrogens with zero attached hydrogens (tertiary/aromatic N) is 4. The van der Waals surface area contributed by atoms with Gasteiger partial charge in [0.05, 0.1) is 22.3 Å². The zero-order chi connectivity index (χ0) is 21.4. The molecular formula is C23H24F2N4O. The summed E-state index contributed by atoms with van der Waals surface area (Å²) in [6.07, 6.45) is 0. The largest absolute Gasteiger partial charge is 0.308 e. The van der Waals surface area contributed by atoms with Crippen LogP contribution in [0, 0.1) is 18.6 Å². The Morgan fingerprint density at radius 3 is 2.43 bits per heavy atom. The molecule has 4 aromatic rings. The quantitative estimate of drug-likeness (QED) is 0.423. The number of carbonyl (C=O) groups is 1. The van der Waals surface area contributed by atoms with E-state index in [-0.39, 0.29) is 5.56 Å². The van der Waals surface area contributed by atoms with Gasteiger partial charge in [0.2, 0.25) is 11.6 Å². The van der Waals surface area contributed by atoms with Crippen molar-refractivity contribution in [2.45, 2.75) is 27.3 Å². The van der Waals surface area contributed by atoms with Crippen molar-refractivity contribution in [3.05, 3.63) is 71.1 Å². The first-order valence-corrected chi connectivity index (χ1v) is 10.1. The monoisotopic (exact) mass is 410 g/mol. The molecule has 2 heterocycles. The minimum absolute atomic E-state index is 0.165. The Morgan fingerprint density at radius 1 is 1.07 bits per heavy atom. The summed E-state index contributed by atoms with van der Waals surface area (Å²) in [5, 5.41) is 0. The Balaban J connectivity index is 1.89. The van der Waals surface area contributed by atoms with E-state index < -0.39 is 17.4 Å². The van der Waals surface area contributed by atoms with Crippen LogP contribution >= 0.6 is 0 Å². The molecule has 2 aromatic heterocycles. The number of aryl methyl sites for hydroxylation is 1. The van der Waals surface area contributed by atoms with Crippen LogP contribution in [0.15, 0.2) is 42.5 Å². The normalized spacial score (nSPS) is 11.8. The lowest BCUT2D eigenvalue weighted by molar-refractivity contribution is 0.102. The average Bonchev–Trinajstić information content (AvgIpc) is 3.21. The smallest absolute Gasteiger partial charge is 0.215 e. The third kappa shape index (κ3) is 3.29. The number of rotatable bonds is 7. The van der Waals surface area contributed by atoms with E-state index in [1.54, 1.807) is 11.3 Å². The first-order valence-electron chi connectivity index (χ1n) is 10.1. The fourth-order valence-electron chi connectivity index (χ4n) is 3.98. The minimum atomic E-state index is -0.875. The Labute approximate surface area is 173 Å². The van der Waals surface area contributed by atoms with Gasteiger partial charge in [0, 0.05) is 19.2 Å². The van der Waals surface area contributed by atoms with Crippen molar-refractivity contribution in [2.75, 3.05) is 19.6 Å². The molecule has 0 amide bonds. The molecule has 0 aliphatic carbocycles. The van der Waals surface area contributed by atoms with E-state index in [2.05, 4.69) is 28.3 Å². The van der Waals surface area contributed by atoms with E-state index in [4.69, 9.17) is 0 Å². The maximum absolute atomic E-state index is 14.3. The molecule has 4 rings (SSSR count). The number of likely N-dealkylation sites (N-methyl/N-ethyl adjacent to an activating group) is 1. The maximum Gasteiger partial charge on any atom is 0.215 e. The van der Waals surface area contributed by atoms with Crippen molar-refractivity contribution >= 4 is 22.6 Å². The summed E-state index contributed by atoms with van der Waals surface area (Å²) in [4.78, 5) is 20.2. The zero-order valence-electron chi connectivity index (χ0n) is 17.3. The molecule has 0 fully saturated rings. The Bertz CT molecular complexity index is 1240. The van der Waals surface area contributed by atoms with Crippen LogP contribution in [0.3, 0.4) is 0 Å². The minimum Gasteiger partial charge on any atom is -0.308 e.